The number of methoxy groups -OCH3 is 1. The highest BCUT2D eigenvalue weighted by Crippen LogP contribution is 2.23. The molecule has 0 unspecified atom stereocenters. The first-order valence-corrected chi connectivity index (χ1v) is 8.86. The molecule has 0 aliphatic carbocycles. The van der Waals surface area contributed by atoms with Crippen molar-refractivity contribution in [1.29, 1.82) is 0 Å². The van der Waals surface area contributed by atoms with E-state index in [1.165, 1.54) is 30.6 Å². The number of carbonyl (C=O) groups excluding carboxylic acids is 2. The monoisotopic (exact) mass is 393 g/mol. The van der Waals surface area contributed by atoms with E-state index in [0.29, 0.717) is 25.4 Å². The lowest BCUT2D eigenvalue weighted by molar-refractivity contribution is -0.384. The average molecular weight is 393 g/mol. The topological polar surface area (TPSA) is 120 Å². The van der Waals surface area contributed by atoms with Gasteiger partial charge in [-0.15, -0.1) is 11.3 Å². The smallest absolute Gasteiger partial charge is 0.341 e. The molecule has 0 aliphatic heterocycles. The molecule has 2 N–H and O–H groups in total. The van der Waals surface area contributed by atoms with Crippen LogP contribution in [0.1, 0.15) is 15.2 Å². The molecular weight excluding hydrogens is 374 g/mol. The highest BCUT2D eigenvalue weighted by atomic mass is 32.1. The van der Waals surface area contributed by atoms with Crippen LogP contribution in [0.4, 0.5) is 11.4 Å². The molecule has 0 radical (unpaired) electrons. The van der Waals surface area contributed by atoms with Gasteiger partial charge in [0.2, 0.25) is 0 Å². The third-order valence-corrected chi connectivity index (χ3v) is 4.31. The summed E-state index contributed by atoms with van der Waals surface area (Å²) in [5, 5.41) is 18.4. The Morgan fingerprint density at radius 3 is 2.78 bits per heavy atom. The van der Waals surface area contributed by atoms with Crippen LogP contribution in [-0.4, -0.2) is 43.7 Å². The molecule has 10 heteroatoms. The van der Waals surface area contributed by atoms with Crippen LogP contribution in [0.2, 0.25) is 0 Å². The van der Waals surface area contributed by atoms with Gasteiger partial charge in [-0.3, -0.25) is 14.9 Å². The Hall–Kier alpha value is -2.98. The van der Waals surface area contributed by atoms with Gasteiger partial charge in [-0.2, -0.15) is 0 Å². The van der Waals surface area contributed by atoms with Gasteiger partial charge >= 0.3 is 5.97 Å². The van der Waals surface area contributed by atoms with E-state index >= 15 is 0 Å². The standard InChI is InChI=1S/C17H19N3O6S/c1-25-7-6-18-15-5-4-12(20(23)24)9-14(15)17(22)26-11-16(21)19-10-13-3-2-8-27-13/h2-5,8-9,18H,6-7,10-11H2,1H3,(H,19,21). The normalized spacial score (nSPS) is 10.3. The summed E-state index contributed by atoms with van der Waals surface area (Å²) in [6.07, 6.45) is 0. The van der Waals surface area contributed by atoms with Gasteiger partial charge < -0.3 is 20.1 Å². The van der Waals surface area contributed by atoms with Gasteiger partial charge in [0, 0.05) is 36.4 Å². The zero-order valence-corrected chi connectivity index (χ0v) is 15.4. The van der Waals surface area contributed by atoms with Crippen molar-refractivity contribution in [1.82, 2.24) is 5.32 Å². The maximum atomic E-state index is 12.3. The lowest BCUT2D eigenvalue weighted by Crippen LogP contribution is -2.28. The van der Waals surface area contributed by atoms with Gasteiger partial charge in [-0.25, -0.2) is 4.79 Å². The van der Waals surface area contributed by atoms with Crippen LogP contribution in [-0.2, 0) is 20.8 Å². The Morgan fingerprint density at radius 1 is 1.30 bits per heavy atom. The summed E-state index contributed by atoms with van der Waals surface area (Å²) in [6, 6.07) is 7.55. The molecule has 0 saturated carbocycles. The highest BCUT2D eigenvalue weighted by Gasteiger charge is 2.19. The van der Waals surface area contributed by atoms with Gasteiger partial charge in [-0.1, -0.05) is 6.07 Å². The summed E-state index contributed by atoms with van der Waals surface area (Å²) < 4.78 is 9.92. The number of amides is 1. The van der Waals surface area contributed by atoms with E-state index in [2.05, 4.69) is 10.6 Å². The van der Waals surface area contributed by atoms with Crippen molar-refractivity contribution in [3.05, 3.63) is 56.3 Å². The molecule has 0 fully saturated rings. The maximum Gasteiger partial charge on any atom is 0.341 e. The van der Waals surface area contributed by atoms with Crippen LogP contribution in [0, 0.1) is 10.1 Å². The number of hydrogen-bond acceptors (Lipinski definition) is 8. The van der Waals surface area contributed by atoms with Gasteiger partial charge in [0.15, 0.2) is 6.61 Å². The zero-order valence-electron chi connectivity index (χ0n) is 14.6. The van der Waals surface area contributed by atoms with Crippen molar-refractivity contribution >= 4 is 34.6 Å². The van der Waals surface area contributed by atoms with Crippen LogP contribution in [0.15, 0.2) is 35.7 Å². The molecule has 9 nitrogen and oxygen atoms in total. The largest absolute Gasteiger partial charge is 0.452 e. The molecule has 2 aromatic rings. The molecule has 2 rings (SSSR count). The fourth-order valence-electron chi connectivity index (χ4n) is 2.12. The van der Waals surface area contributed by atoms with Crippen molar-refractivity contribution in [3.63, 3.8) is 0 Å². The van der Waals surface area contributed by atoms with Crippen LogP contribution in [0.3, 0.4) is 0 Å². The molecule has 1 heterocycles. The summed E-state index contributed by atoms with van der Waals surface area (Å²) in [6.45, 7) is 0.644. The van der Waals surface area contributed by atoms with Gasteiger partial charge in [0.05, 0.1) is 23.6 Å². The number of hydrogen-bond donors (Lipinski definition) is 2. The number of ether oxygens (including phenoxy) is 2. The first-order chi connectivity index (χ1) is 13.0. The number of rotatable bonds is 10. The number of benzene rings is 1. The van der Waals surface area contributed by atoms with E-state index in [1.807, 2.05) is 17.5 Å². The number of nitro benzene ring substituents is 1. The first-order valence-electron chi connectivity index (χ1n) is 7.98. The van der Waals surface area contributed by atoms with E-state index in [0.717, 1.165) is 10.9 Å². The third-order valence-electron chi connectivity index (χ3n) is 3.43. The minimum Gasteiger partial charge on any atom is -0.452 e. The predicted octanol–water partition coefficient (Wildman–Crippen LogP) is 2.19. The first kappa shape index (κ1) is 20.3. The fraction of sp³-hybridized carbons (Fsp3) is 0.294. The van der Waals surface area contributed by atoms with E-state index in [1.54, 1.807) is 0 Å². The molecule has 144 valence electrons. The van der Waals surface area contributed by atoms with Crippen LogP contribution >= 0.6 is 11.3 Å². The molecule has 0 bridgehead atoms. The minimum atomic E-state index is -0.829. The number of non-ortho nitro benzene ring substituents is 1. The molecule has 1 aromatic carbocycles. The van der Waals surface area contributed by atoms with E-state index in [-0.39, 0.29) is 11.3 Å². The van der Waals surface area contributed by atoms with Crippen LogP contribution in [0.5, 0.6) is 0 Å². The zero-order chi connectivity index (χ0) is 19.6. The Kier molecular flexibility index (Phi) is 7.71. The van der Waals surface area contributed by atoms with Crippen molar-refractivity contribution < 1.29 is 24.0 Å². The van der Waals surface area contributed by atoms with Crippen molar-refractivity contribution in [2.75, 3.05) is 32.2 Å². The van der Waals surface area contributed by atoms with E-state index < -0.39 is 23.4 Å². The van der Waals surface area contributed by atoms with Crippen LogP contribution < -0.4 is 10.6 Å². The summed E-state index contributed by atoms with van der Waals surface area (Å²) >= 11 is 1.50. The Labute approximate surface area is 159 Å². The molecule has 1 aromatic heterocycles. The molecule has 0 spiro atoms. The maximum absolute atomic E-state index is 12.3. The van der Waals surface area contributed by atoms with E-state index in [4.69, 9.17) is 9.47 Å². The molecule has 0 aliphatic rings. The van der Waals surface area contributed by atoms with Gasteiger partial charge in [0.1, 0.15) is 0 Å². The summed E-state index contributed by atoms with van der Waals surface area (Å²) in [5.41, 5.74) is 0.0920. The third kappa shape index (κ3) is 6.35. The summed E-state index contributed by atoms with van der Waals surface area (Å²) in [7, 11) is 1.53. The minimum absolute atomic E-state index is 0.0219. The molecule has 0 atom stereocenters. The number of carbonyl (C=O) groups is 2. The Morgan fingerprint density at radius 2 is 2.11 bits per heavy atom. The van der Waals surface area contributed by atoms with E-state index in [9.17, 15) is 19.7 Å². The van der Waals surface area contributed by atoms with Crippen LogP contribution in [0.25, 0.3) is 0 Å². The Bertz CT molecular complexity index is 794. The quantitative estimate of drug-likeness (QED) is 0.275. The van der Waals surface area contributed by atoms with Gasteiger partial charge in [-0.05, 0) is 17.5 Å². The van der Waals surface area contributed by atoms with Gasteiger partial charge in [0.25, 0.3) is 11.6 Å². The highest BCUT2D eigenvalue weighted by molar-refractivity contribution is 7.09. The fourth-order valence-corrected chi connectivity index (χ4v) is 2.76. The number of esters is 1. The second-order valence-electron chi connectivity index (χ2n) is 5.34. The van der Waals surface area contributed by atoms with Crippen molar-refractivity contribution in [2.45, 2.75) is 6.54 Å². The number of nitrogens with zero attached hydrogens (tertiary/aromatic N) is 1. The predicted molar refractivity (Wildman–Crippen MR) is 99.9 cm³/mol. The molecular formula is C17H19N3O6S. The number of nitrogens with one attached hydrogen (secondary N) is 2. The van der Waals surface area contributed by atoms with Crippen molar-refractivity contribution in [3.8, 4) is 0 Å². The second-order valence-corrected chi connectivity index (χ2v) is 6.37. The lowest BCUT2D eigenvalue weighted by Gasteiger charge is -2.11. The summed E-state index contributed by atoms with van der Waals surface area (Å²) in [4.78, 5) is 35.5. The lowest BCUT2D eigenvalue weighted by atomic mass is 10.1. The summed E-state index contributed by atoms with van der Waals surface area (Å²) in [5.74, 6) is -1.29. The molecule has 0 saturated heterocycles. The SMILES string of the molecule is COCCNc1ccc([N+](=O)[O-])cc1C(=O)OCC(=O)NCc1cccs1. The molecule has 27 heavy (non-hydrogen) atoms. The Balaban J connectivity index is 1.98. The number of anilines is 1. The number of nitro groups is 1. The second kappa shape index (κ2) is 10.2. The number of thiophene rings is 1. The average Bonchev–Trinajstić information content (AvgIpc) is 3.18. The molecule has 1 amide bonds. The van der Waals surface area contributed by atoms with Crippen molar-refractivity contribution in [2.24, 2.45) is 0 Å².